The molecule has 1 heterocycles. The molecule has 5 atom stereocenters. The lowest BCUT2D eigenvalue weighted by molar-refractivity contribution is -0.123. The van der Waals surface area contributed by atoms with E-state index in [0.717, 1.165) is 57.8 Å². The minimum Gasteiger partial charge on any atom is -0.354 e. The van der Waals surface area contributed by atoms with Crippen molar-refractivity contribution in [3.63, 3.8) is 0 Å². The van der Waals surface area contributed by atoms with Gasteiger partial charge in [0.15, 0.2) is 6.04 Å². The van der Waals surface area contributed by atoms with Gasteiger partial charge < -0.3 is 11.1 Å². The van der Waals surface area contributed by atoms with E-state index in [4.69, 9.17) is 21.1 Å². The smallest absolute Gasteiger partial charge is 0.248 e. The van der Waals surface area contributed by atoms with Crippen molar-refractivity contribution in [3.8, 4) is 0 Å². The predicted octanol–water partition coefficient (Wildman–Crippen LogP) is 5.94. The highest BCUT2D eigenvalue weighted by atomic mass is 32.2. The third-order valence-electron chi connectivity index (χ3n) is 10.8. The lowest BCUT2D eigenvalue weighted by Crippen LogP contribution is -2.51. The highest BCUT2D eigenvalue weighted by Gasteiger charge is 2.37. The van der Waals surface area contributed by atoms with Gasteiger partial charge in [-0.05, 0) is 93.2 Å². The lowest BCUT2D eigenvalue weighted by Gasteiger charge is -2.41. The van der Waals surface area contributed by atoms with E-state index in [2.05, 4.69) is 40.5 Å². The van der Waals surface area contributed by atoms with Gasteiger partial charge in [-0.15, -0.1) is 0 Å². The molecule has 7 nitrogen and oxygen atoms in total. The Morgan fingerprint density at radius 2 is 1.73 bits per heavy atom. The summed E-state index contributed by atoms with van der Waals surface area (Å²) in [5.74, 6) is 2.91. The largest absolute Gasteiger partial charge is 0.354 e. The van der Waals surface area contributed by atoms with Crippen LogP contribution in [0.25, 0.3) is 0 Å². The Balaban J connectivity index is 1.13. The number of likely N-dealkylation sites (tertiary alicyclic amines) is 1. The first kappa shape index (κ1) is 31.0. The molecule has 4 fully saturated rings. The zero-order chi connectivity index (χ0) is 28.4. The predicted molar refractivity (Wildman–Crippen MR) is 169 cm³/mol. The number of hydrogen-bond acceptors (Lipinski definition) is 7. The van der Waals surface area contributed by atoms with Gasteiger partial charge in [-0.1, -0.05) is 80.8 Å². The number of carbonyl (C=O) groups is 1. The first-order valence-electron chi connectivity index (χ1n) is 16.6. The van der Waals surface area contributed by atoms with Crippen LogP contribution in [0.2, 0.25) is 0 Å². The fraction of sp³-hybridized carbons (Fsp3) is 0.788. The summed E-state index contributed by atoms with van der Waals surface area (Å²) >= 11 is 1.56. The summed E-state index contributed by atoms with van der Waals surface area (Å²) in [5.41, 5.74) is 8.06. The number of piperidine rings is 1. The number of hydrogen-bond donors (Lipinski definition) is 3. The minimum atomic E-state index is -0.567. The molecule has 41 heavy (non-hydrogen) atoms. The number of nitrogens with one attached hydrogen (secondary N) is 1. The zero-order valence-corrected chi connectivity index (χ0v) is 25.9. The Kier molecular flexibility index (Phi) is 12.0. The fourth-order valence-electron chi connectivity index (χ4n) is 7.88. The molecular weight excluding hydrogens is 528 g/mol. The average molecular weight is 583 g/mol. The van der Waals surface area contributed by atoms with Crippen LogP contribution in [0.5, 0.6) is 0 Å². The van der Waals surface area contributed by atoms with Crippen molar-refractivity contribution in [1.29, 1.82) is 0 Å². The van der Waals surface area contributed by atoms with Gasteiger partial charge in [-0.25, -0.2) is 0 Å². The number of rotatable bonds is 12. The monoisotopic (exact) mass is 582 g/mol. The average Bonchev–Trinajstić information content (AvgIpc) is 2.99. The minimum absolute atomic E-state index is 0.0214. The second kappa shape index (κ2) is 15.8. The van der Waals surface area contributed by atoms with Crippen LogP contribution < -0.4 is 16.2 Å². The van der Waals surface area contributed by atoms with Gasteiger partial charge in [0, 0.05) is 24.4 Å². The molecule has 5 N–H and O–H groups in total. The maximum Gasteiger partial charge on any atom is 0.248 e. The summed E-state index contributed by atoms with van der Waals surface area (Å²) in [6, 6.07) is 9.89. The Morgan fingerprint density at radius 1 is 0.976 bits per heavy atom. The summed E-state index contributed by atoms with van der Waals surface area (Å²) in [6.45, 7) is 4.60. The van der Waals surface area contributed by atoms with Crippen LogP contribution in [-0.4, -0.2) is 54.3 Å². The molecule has 0 spiro atoms. The molecule has 1 aromatic carbocycles. The maximum absolute atomic E-state index is 13.5. The Labute approximate surface area is 252 Å². The summed E-state index contributed by atoms with van der Waals surface area (Å²) in [4.78, 5) is 16.0. The standard InChI is InChI=1S/C33H54N6OS/c34-31(27-12-7-13-27)32(33(40)36-21-24-16-18-39(19-17-24)23-25-8-3-1-4-9-25)38-37-22-28-14-15-29(41-35)20-30(28)26-10-5-2-6-11-26/h1,3-4,8-9,24,26-32H,2,5-7,10-23,34-35H2,(H,36,40). The van der Waals surface area contributed by atoms with Gasteiger partial charge in [0.1, 0.15) is 0 Å². The van der Waals surface area contributed by atoms with E-state index in [1.807, 2.05) is 0 Å². The second-order valence-electron chi connectivity index (χ2n) is 13.5. The molecule has 1 saturated heterocycles. The molecular formula is C33H54N6OS. The molecule has 1 amide bonds. The first-order chi connectivity index (χ1) is 20.1. The van der Waals surface area contributed by atoms with E-state index in [0.29, 0.717) is 35.5 Å². The molecule has 0 radical (unpaired) electrons. The molecule has 1 aliphatic heterocycles. The van der Waals surface area contributed by atoms with E-state index in [9.17, 15) is 4.79 Å². The Morgan fingerprint density at radius 3 is 2.41 bits per heavy atom. The summed E-state index contributed by atoms with van der Waals surface area (Å²) < 4.78 is 0. The molecule has 3 saturated carbocycles. The van der Waals surface area contributed by atoms with Gasteiger partial charge in [0.2, 0.25) is 5.91 Å². The molecule has 4 aliphatic rings. The van der Waals surface area contributed by atoms with Gasteiger partial charge in [-0.2, -0.15) is 10.2 Å². The molecule has 228 valence electrons. The molecule has 0 aromatic heterocycles. The van der Waals surface area contributed by atoms with Crippen LogP contribution in [0.15, 0.2) is 40.6 Å². The van der Waals surface area contributed by atoms with E-state index < -0.39 is 6.04 Å². The molecule has 0 bridgehead atoms. The van der Waals surface area contributed by atoms with Crippen LogP contribution in [0.1, 0.15) is 89.0 Å². The van der Waals surface area contributed by atoms with Crippen LogP contribution in [-0.2, 0) is 11.3 Å². The molecule has 5 rings (SSSR count). The Hall–Kier alpha value is -1.48. The topological polar surface area (TPSA) is 109 Å². The van der Waals surface area contributed by atoms with Gasteiger partial charge in [0.05, 0.1) is 6.54 Å². The number of nitrogens with two attached hydrogens (primary N) is 2. The van der Waals surface area contributed by atoms with Crippen molar-refractivity contribution in [3.05, 3.63) is 35.9 Å². The third-order valence-corrected chi connectivity index (χ3v) is 11.6. The number of azo groups is 1. The summed E-state index contributed by atoms with van der Waals surface area (Å²) in [6.07, 6.45) is 16.0. The zero-order valence-electron chi connectivity index (χ0n) is 25.0. The number of nitrogens with zero attached hydrogens (tertiary/aromatic N) is 3. The number of benzene rings is 1. The van der Waals surface area contributed by atoms with E-state index in [-0.39, 0.29) is 11.9 Å². The molecule has 5 unspecified atom stereocenters. The van der Waals surface area contributed by atoms with Gasteiger partial charge >= 0.3 is 0 Å². The maximum atomic E-state index is 13.5. The van der Waals surface area contributed by atoms with Crippen molar-refractivity contribution in [2.24, 2.45) is 50.7 Å². The van der Waals surface area contributed by atoms with Crippen LogP contribution in [0, 0.1) is 29.6 Å². The summed E-state index contributed by atoms with van der Waals surface area (Å²) in [5, 5.41) is 19.3. The molecule has 8 heteroatoms. The fourth-order valence-corrected chi connectivity index (χ4v) is 8.49. The van der Waals surface area contributed by atoms with Crippen molar-refractivity contribution in [1.82, 2.24) is 10.2 Å². The SMILES string of the molecule is NSC1CCC(CN=NC(C(=O)NCC2CCN(Cc3ccccc3)CC2)C(N)C2CCC2)C(C2CCCCC2)C1. The highest BCUT2D eigenvalue weighted by Crippen LogP contribution is 2.44. The summed E-state index contributed by atoms with van der Waals surface area (Å²) in [7, 11) is 0. The van der Waals surface area contributed by atoms with Crippen molar-refractivity contribution < 1.29 is 4.79 Å². The highest BCUT2D eigenvalue weighted by molar-refractivity contribution is 7.97. The van der Waals surface area contributed by atoms with E-state index in [1.165, 1.54) is 63.4 Å². The van der Waals surface area contributed by atoms with Crippen molar-refractivity contribution in [2.45, 2.75) is 107 Å². The van der Waals surface area contributed by atoms with Crippen LogP contribution in [0.4, 0.5) is 0 Å². The van der Waals surface area contributed by atoms with Gasteiger partial charge in [0.25, 0.3) is 0 Å². The van der Waals surface area contributed by atoms with E-state index >= 15 is 0 Å². The van der Waals surface area contributed by atoms with Crippen molar-refractivity contribution in [2.75, 3.05) is 26.2 Å². The number of amides is 1. The Bertz CT molecular complexity index is 944. The molecule has 1 aromatic rings. The second-order valence-corrected chi connectivity index (χ2v) is 14.4. The molecule has 3 aliphatic carbocycles. The number of carbonyl (C=O) groups excluding carboxylic acids is 1. The quantitative estimate of drug-likeness (QED) is 0.209. The van der Waals surface area contributed by atoms with E-state index in [1.54, 1.807) is 11.9 Å². The van der Waals surface area contributed by atoms with Crippen LogP contribution >= 0.6 is 11.9 Å². The van der Waals surface area contributed by atoms with Crippen molar-refractivity contribution >= 4 is 17.9 Å². The lowest BCUT2D eigenvalue weighted by atomic mass is 9.68. The van der Waals surface area contributed by atoms with Gasteiger partial charge in [-0.3, -0.25) is 14.8 Å². The third kappa shape index (κ3) is 8.77. The first-order valence-corrected chi connectivity index (χ1v) is 17.6. The normalized spacial score (nSPS) is 28.8. The van der Waals surface area contributed by atoms with Crippen LogP contribution in [0.3, 0.4) is 0 Å².